The lowest BCUT2D eigenvalue weighted by atomic mass is 9.62. The van der Waals surface area contributed by atoms with Crippen molar-refractivity contribution in [2.45, 2.75) is 108 Å². The van der Waals surface area contributed by atoms with E-state index in [0.717, 1.165) is 19.4 Å². The summed E-state index contributed by atoms with van der Waals surface area (Å²) in [6, 6.07) is 33.0. The van der Waals surface area contributed by atoms with Crippen molar-refractivity contribution in [3.8, 4) is 0 Å². The Bertz CT molecular complexity index is 1400. The molecule has 0 amide bonds. The Kier molecular flexibility index (Phi) is 12.8. The van der Waals surface area contributed by atoms with E-state index in [4.69, 9.17) is 13.6 Å². The highest BCUT2D eigenvalue weighted by atomic mass is 32.2. The highest BCUT2D eigenvalue weighted by Gasteiger charge is 2.56. The molecule has 0 radical (unpaired) electrons. The highest BCUT2D eigenvalue weighted by molar-refractivity contribution is 8.17. The van der Waals surface area contributed by atoms with Gasteiger partial charge >= 0.3 is 0 Å². The van der Waals surface area contributed by atoms with Crippen LogP contribution in [-0.2, 0) is 20.2 Å². The molecule has 3 aromatic rings. The fourth-order valence-corrected chi connectivity index (χ4v) is 17.6. The zero-order valence-corrected chi connectivity index (χ0v) is 35.3. The van der Waals surface area contributed by atoms with Gasteiger partial charge in [-0.3, -0.25) is 0 Å². The summed E-state index contributed by atoms with van der Waals surface area (Å²) in [4.78, 5) is 0. The maximum atomic E-state index is 7.84. The Morgan fingerprint density at radius 1 is 0.755 bits per heavy atom. The molecule has 2 aliphatic rings. The van der Waals surface area contributed by atoms with Gasteiger partial charge in [-0.15, -0.1) is 23.5 Å². The van der Waals surface area contributed by atoms with Crippen molar-refractivity contribution in [2.75, 3.05) is 24.7 Å². The second-order valence-corrected chi connectivity index (χ2v) is 29.1. The van der Waals surface area contributed by atoms with Crippen molar-refractivity contribution >= 4 is 50.5 Å². The fourth-order valence-electron chi connectivity index (χ4n) is 7.88. The molecule has 4 atom stereocenters. The summed E-state index contributed by atoms with van der Waals surface area (Å²) in [5.74, 6) is 3.12. The number of hydrogen-bond donors (Lipinski definition) is 0. The average molecular weight is 735 g/mol. The molecule has 1 aliphatic carbocycles. The van der Waals surface area contributed by atoms with Gasteiger partial charge in [0.2, 0.25) is 0 Å². The summed E-state index contributed by atoms with van der Waals surface area (Å²) in [6.45, 7) is 23.8. The van der Waals surface area contributed by atoms with E-state index in [0.29, 0.717) is 23.7 Å². The third kappa shape index (κ3) is 8.84. The van der Waals surface area contributed by atoms with Crippen LogP contribution in [0.2, 0.25) is 23.2 Å². The van der Waals surface area contributed by atoms with Crippen LogP contribution in [0.15, 0.2) is 91.0 Å². The largest absolute Gasteiger partial charge is 0.414 e. The van der Waals surface area contributed by atoms with Crippen molar-refractivity contribution in [3.05, 3.63) is 96.6 Å². The number of ether oxygens (including phenoxy) is 1. The first-order chi connectivity index (χ1) is 23.2. The number of thioether (sulfide) groups is 2. The molecule has 268 valence electrons. The summed E-state index contributed by atoms with van der Waals surface area (Å²) >= 11 is 4.36. The molecule has 0 N–H and O–H groups in total. The van der Waals surface area contributed by atoms with Crippen LogP contribution >= 0.6 is 23.5 Å². The zero-order valence-electron chi connectivity index (χ0n) is 31.7. The summed E-state index contributed by atoms with van der Waals surface area (Å²) in [6.07, 6.45) is 3.60. The average Bonchev–Trinajstić information content (AvgIpc) is 3.07. The predicted octanol–water partition coefficient (Wildman–Crippen LogP) is 10.4. The molecule has 0 unspecified atom stereocenters. The van der Waals surface area contributed by atoms with E-state index in [2.05, 4.69) is 176 Å². The van der Waals surface area contributed by atoms with Crippen LogP contribution in [0.3, 0.4) is 0 Å². The Hall–Kier alpha value is -1.33. The second-order valence-electron chi connectivity index (χ2n) is 17.2. The Morgan fingerprint density at radius 2 is 1.29 bits per heavy atom. The molecule has 1 saturated heterocycles. The van der Waals surface area contributed by atoms with Crippen LogP contribution in [0.5, 0.6) is 0 Å². The second kappa shape index (κ2) is 16.1. The zero-order chi connectivity index (χ0) is 35.3. The van der Waals surface area contributed by atoms with Crippen molar-refractivity contribution in [3.63, 3.8) is 0 Å². The minimum atomic E-state index is -2.74. The Balaban J connectivity index is 1.58. The SMILES string of the molecule is CC(C)(C)[Si](C)(C)O[C@H]1CC[C@@](C)(COCc2ccccc2)[C@H](C2SCCCS2)[C@@H]1CO[Si](c1ccccc1)(c1ccccc1)C(C)(C)C. The van der Waals surface area contributed by atoms with Gasteiger partial charge in [0.25, 0.3) is 8.32 Å². The molecular weight excluding hydrogens is 673 g/mol. The van der Waals surface area contributed by atoms with Gasteiger partial charge < -0.3 is 13.6 Å². The molecule has 3 nitrogen and oxygen atoms in total. The molecule has 2 fully saturated rings. The van der Waals surface area contributed by atoms with Crippen LogP contribution < -0.4 is 10.4 Å². The minimum Gasteiger partial charge on any atom is -0.414 e. The Morgan fingerprint density at radius 3 is 1.80 bits per heavy atom. The summed E-state index contributed by atoms with van der Waals surface area (Å²) in [5.41, 5.74) is 1.26. The van der Waals surface area contributed by atoms with Gasteiger partial charge in [-0.25, -0.2) is 0 Å². The predicted molar refractivity (Wildman–Crippen MR) is 219 cm³/mol. The molecule has 3 aromatic carbocycles. The van der Waals surface area contributed by atoms with Crippen molar-refractivity contribution < 1.29 is 13.6 Å². The monoisotopic (exact) mass is 734 g/mol. The summed E-state index contributed by atoms with van der Waals surface area (Å²) in [5, 5.41) is 2.75. The van der Waals surface area contributed by atoms with E-state index >= 15 is 0 Å². The maximum absolute atomic E-state index is 7.84. The van der Waals surface area contributed by atoms with Gasteiger partial charge in [-0.2, -0.15) is 0 Å². The normalized spacial score (nSPS) is 24.6. The first kappa shape index (κ1) is 38.9. The van der Waals surface area contributed by atoms with Gasteiger partial charge in [0.05, 0.1) is 23.9 Å². The molecule has 1 saturated carbocycles. The smallest absolute Gasteiger partial charge is 0.261 e. The van der Waals surface area contributed by atoms with E-state index in [9.17, 15) is 0 Å². The van der Waals surface area contributed by atoms with Gasteiger partial charge in [0, 0.05) is 12.5 Å². The van der Waals surface area contributed by atoms with E-state index in [-0.39, 0.29) is 27.5 Å². The van der Waals surface area contributed by atoms with E-state index in [1.54, 1.807) is 0 Å². The third-order valence-electron chi connectivity index (χ3n) is 11.6. The molecule has 5 rings (SSSR count). The fraction of sp³-hybridized carbons (Fsp3) is 0.571. The molecule has 1 heterocycles. The van der Waals surface area contributed by atoms with Crippen LogP contribution in [0.25, 0.3) is 0 Å². The summed E-state index contributed by atoms with van der Waals surface area (Å²) < 4.78 is 22.5. The maximum Gasteiger partial charge on any atom is 0.261 e. The quantitative estimate of drug-likeness (QED) is 0.173. The van der Waals surface area contributed by atoms with Crippen LogP contribution in [-0.4, -0.2) is 52.0 Å². The lowest BCUT2D eigenvalue weighted by molar-refractivity contribution is -0.0846. The third-order valence-corrected chi connectivity index (χ3v) is 24.2. The van der Waals surface area contributed by atoms with Gasteiger partial charge in [-0.05, 0) is 81.2 Å². The lowest BCUT2D eigenvalue weighted by Crippen LogP contribution is -2.67. The van der Waals surface area contributed by atoms with E-state index in [1.807, 2.05) is 0 Å². The van der Waals surface area contributed by atoms with Crippen LogP contribution in [0.4, 0.5) is 0 Å². The van der Waals surface area contributed by atoms with Crippen LogP contribution in [0.1, 0.15) is 73.3 Å². The highest BCUT2D eigenvalue weighted by Crippen LogP contribution is 2.55. The number of benzene rings is 3. The molecule has 7 heteroatoms. The topological polar surface area (TPSA) is 27.7 Å². The first-order valence-corrected chi connectivity index (χ1v) is 25.4. The lowest BCUT2D eigenvalue weighted by Gasteiger charge is -2.55. The van der Waals surface area contributed by atoms with Gasteiger partial charge in [0.1, 0.15) is 0 Å². The van der Waals surface area contributed by atoms with Crippen molar-refractivity contribution in [1.29, 1.82) is 0 Å². The molecule has 49 heavy (non-hydrogen) atoms. The summed E-state index contributed by atoms with van der Waals surface area (Å²) in [7, 11) is -4.80. The van der Waals surface area contributed by atoms with Gasteiger partial charge in [-0.1, -0.05) is 139 Å². The molecule has 0 bridgehead atoms. The standard InChI is InChI=1S/C42H62O3S2Si2/c1-40(2,3)48(8,9)45-37-26-27-42(7,32-43-30-33-20-13-10-14-21-33)38(39-46-28-19-29-47-39)36(37)31-44-49(41(4,5)6,34-22-15-11-16-23-34)35-24-17-12-18-25-35/h10-18,20-25,36-39H,19,26-32H2,1-9H3/t36-,37+,38+,42+/m1/s1. The molecule has 0 aromatic heterocycles. The Labute approximate surface area is 309 Å². The molecule has 1 aliphatic heterocycles. The number of rotatable bonds is 12. The minimum absolute atomic E-state index is 0.0174. The molecule has 0 spiro atoms. The van der Waals surface area contributed by atoms with Crippen molar-refractivity contribution in [2.24, 2.45) is 17.3 Å². The van der Waals surface area contributed by atoms with E-state index in [1.165, 1.54) is 33.9 Å². The number of hydrogen-bond acceptors (Lipinski definition) is 5. The first-order valence-electron chi connectivity index (χ1n) is 18.5. The van der Waals surface area contributed by atoms with Gasteiger partial charge in [0.15, 0.2) is 8.32 Å². The van der Waals surface area contributed by atoms with Crippen LogP contribution in [0, 0.1) is 17.3 Å². The van der Waals surface area contributed by atoms with Crippen molar-refractivity contribution in [1.82, 2.24) is 0 Å². The van der Waals surface area contributed by atoms with E-state index < -0.39 is 16.6 Å². The molecular formula is C42H62O3S2Si2.